The van der Waals surface area contributed by atoms with Crippen molar-refractivity contribution >= 4 is 39.5 Å². The van der Waals surface area contributed by atoms with Gasteiger partial charge in [0.15, 0.2) is 12.2 Å². The number of unbranched alkanes of at least 4 members (excludes halogenated alkanes) is 53. The highest BCUT2D eigenvalue weighted by molar-refractivity contribution is 7.47. The molecule has 101 heavy (non-hydrogen) atoms. The van der Waals surface area contributed by atoms with Gasteiger partial charge in [0.1, 0.15) is 19.3 Å². The fourth-order valence-corrected chi connectivity index (χ4v) is 14.3. The second kappa shape index (κ2) is 74.9. The zero-order chi connectivity index (χ0) is 74.1. The summed E-state index contributed by atoms with van der Waals surface area (Å²) in [5.41, 5.74) is 0. The fraction of sp³-hybridized carbons (Fsp3) is 0.951. The molecule has 19 heteroatoms. The number of hydrogen-bond donors (Lipinski definition) is 3. The molecule has 0 saturated heterocycles. The zero-order valence-electron chi connectivity index (χ0n) is 66.1. The number of phosphoric ester groups is 2. The molecule has 0 aliphatic rings. The first-order chi connectivity index (χ1) is 49.1. The third-order valence-corrected chi connectivity index (χ3v) is 21.5. The van der Waals surface area contributed by atoms with Gasteiger partial charge >= 0.3 is 39.5 Å². The maximum atomic E-state index is 13.1. The van der Waals surface area contributed by atoms with E-state index in [-0.39, 0.29) is 25.7 Å². The highest BCUT2D eigenvalue weighted by Gasteiger charge is 2.30. The third-order valence-electron chi connectivity index (χ3n) is 19.6. The van der Waals surface area contributed by atoms with E-state index in [2.05, 4.69) is 34.6 Å². The van der Waals surface area contributed by atoms with Gasteiger partial charge in [-0.25, -0.2) is 9.13 Å². The van der Waals surface area contributed by atoms with Crippen LogP contribution in [0.25, 0.3) is 0 Å². The number of phosphoric acid groups is 2. The topological polar surface area (TPSA) is 237 Å². The molecule has 0 fully saturated rings. The first kappa shape index (κ1) is 99.1. The highest BCUT2D eigenvalue weighted by Crippen LogP contribution is 2.45. The molecular formula is C82H160O17P2. The fourth-order valence-electron chi connectivity index (χ4n) is 12.7. The summed E-state index contributed by atoms with van der Waals surface area (Å²) in [6.07, 6.45) is 66.7. The molecule has 3 N–H and O–H groups in total. The summed E-state index contributed by atoms with van der Waals surface area (Å²) in [6.45, 7) is 7.29. The Hall–Kier alpha value is -1.94. The van der Waals surface area contributed by atoms with E-state index in [0.29, 0.717) is 25.7 Å². The lowest BCUT2D eigenvalue weighted by Gasteiger charge is -2.21. The summed E-state index contributed by atoms with van der Waals surface area (Å²) in [5, 5.41) is 10.6. The van der Waals surface area contributed by atoms with Crippen molar-refractivity contribution in [3.8, 4) is 0 Å². The summed E-state index contributed by atoms with van der Waals surface area (Å²) >= 11 is 0. The van der Waals surface area contributed by atoms with Crippen LogP contribution in [-0.2, 0) is 65.4 Å². The van der Waals surface area contributed by atoms with E-state index in [1.165, 1.54) is 257 Å². The predicted molar refractivity (Wildman–Crippen MR) is 414 cm³/mol. The van der Waals surface area contributed by atoms with Crippen LogP contribution in [0.2, 0.25) is 0 Å². The molecule has 0 aromatic carbocycles. The molecule has 17 nitrogen and oxygen atoms in total. The van der Waals surface area contributed by atoms with E-state index >= 15 is 0 Å². The molecule has 0 radical (unpaired) electrons. The molecule has 0 saturated carbocycles. The number of carbonyl (C=O) groups is 4. The van der Waals surface area contributed by atoms with Gasteiger partial charge in [0, 0.05) is 25.7 Å². The molecule has 0 bridgehead atoms. The van der Waals surface area contributed by atoms with Crippen LogP contribution in [0, 0.1) is 5.92 Å². The van der Waals surface area contributed by atoms with Crippen LogP contribution < -0.4 is 0 Å². The van der Waals surface area contributed by atoms with Crippen LogP contribution in [0.15, 0.2) is 0 Å². The Labute approximate surface area is 619 Å². The number of aliphatic hydroxyl groups is 1. The van der Waals surface area contributed by atoms with E-state index in [4.69, 9.17) is 37.0 Å². The molecule has 0 aliphatic carbocycles. The van der Waals surface area contributed by atoms with Gasteiger partial charge in [0.25, 0.3) is 0 Å². The Morgan fingerprint density at radius 2 is 0.475 bits per heavy atom. The van der Waals surface area contributed by atoms with Crippen molar-refractivity contribution in [1.29, 1.82) is 0 Å². The molecular weight excluding hydrogens is 1320 g/mol. The van der Waals surface area contributed by atoms with Crippen LogP contribution in [-0.4, -0.2) is 96.7 Å². The Morgan fingerprint density at radius 3 is 0.703 bits per heavy atom. The van der Waals surface area contributed by atoms with Gasteiger partial charge < -0.3 is 33.8 Å². The molecule has 0 heterocycles. The number of ether oxygens (including phenoxy) is 4. The summed E-state index contributed by atoms with van der Waals surface area (Å²) in [6, 6.07) is 0. The summed E-state index contributed by atoms with van der Waals surface area (Å²) in [7, 11) is -9.92. The minimum Gasteiger partial charge on any atom is -0.462 e. The molecule has 6 atom stereocenters. The lowest BCUT2D eigenvalue weighted by atomic mass is 10.00. The number of hydrogen-bond acceptors (Lipinski definition) is 15. The standard InChI is InChI=1S/C82H160O17P2/c1-6-10-13-16-19-22-25-28-30-32-34-35-36-38-40-42-45-48-51-58-63-68-82(87)98-77(71-92-79(84)65-60-55-49-46-44-41-39-37-33-31-29-26-23-20-17-14-11-7-2)73-96-100(88,89)94-69-76(83)70-95-101(90,91)97-74-78(72-93-80(85)66-61-56-53-52-54-59-64-75(5)9-4)99-81(86)67-62-57-50-47-43-27-24-21-18-15-12-8-3/h75-78,83H,6-74H2,1-5H3,(H,88,89)(H,90,91)/t75?,76-,77-,78-/m1/s1. The van der Waals surface area contributed by atoms with E-state index < -0.39 is 97.5 Å². The van der Waals surface area contributed by atoms with Gasteiger partial charge in [0.2, 0.25) is 0 Å². The van der Waals surface area contributed by atoms with Gasteiger partial charge in [0.05, 0.1) is 26.4 Å². The largest absolute Gasteiger partial charge is 0.472 e. The van der Waals surface area contributed by atoms with Crippen LogP contribution >= 0.6 is 15.6 Å². The van der Waals surface area contributed by atoms with E-state index in [1.807, 2.05) is 0 Å². The lowest BCUT2D eigenvalue weighted by molar-refractivity contribution is -0.161. The number of esters is 4. The van der Waals surface area contributed by atoms with E-state index in [9.17, 15) is 43.2 Å². The first-order valence-electron chi connectivity index (χ1n) is 42.7. The van der Waals surface area contributed by atoms with Crippen molar-refractivity contribution in [2.75, 3.05) is 39.6 Å². The summed E-state index contributed by atoms with van der Waals surface area (Å²) in [4.78, 5) is 73.0. The monoisotopic (exact) mass is 1480 g/mol. The van der Waals surface area contributed by atoms with Crippen molar-refractivity contribution in [1.82, 2.24) is 0 Å². The van der Waals surface area contributed by atoms with Crippen LogP contribution in [0.1, 0.15) is 439 Å². The maximum absolute atomic E-state index is 13.1. The van der Waals surface area contributed by atoms with Crippen LogP contribution in [0.5, 0.6) is 0 Å². The number of carbonyl (C=O) groups excluding carboxylic acids is 4. The second-order valence-corrected chi connectivity index (χ2v) is 32.7. The SMILES string of the molecule is CCCCCCCCCCCCCCCCCCCCCCCC(=O)O[C@H](COC(=O)CCCCCCCCCCCCCCCCCCCC)COP(=O)(O)OC[C@@H](O)COP(=O)(O)OC[C@@H](COC(=O)CCCCCCCCC(C)CC)OC(=O)CCCCCCCCCCCCCC. The molecule has 0 amide bonds. The van der Waals surface area contributed by atoms with Gasteiger partial charge in [-0.15, -0.1) is 0 Å². The molecule has 0 rings (SSSR count). The van der Waals surface area contributed by atoms with Crippen LogP contribution in [0.4, 0.5) is 0 Å². The molecule has 0 aromatic rings. The second-order valence-electron chi connectivity index (χ2n) is 29.8. The Morgan fingerprint density at radius 1 is 0.277 bits per heavy atom. The quantitative estimate of drug-likeness (QED) is 0.0222. The molecule has 0 spiro atoms. The molecule has 3 unspecified atom stereocenters. The first-order valence-corrected chi connectivity index (χ1v) is 45.7. The molecule has 0 aromatic heterocycles. The van der Waals surface area contributed by atoms with Crippen molar-refractivity contribution in [2.45, 2.75) is 457 Å². The minimum absolute atomic E-state index is 0.107. The Bertz CT molecular complexity index is 1930. The smallest absolute Gasteiger partial charge is 0.462 e. The predicted octanol–water partition coefficient (Wildman–Crippen LogP) is 24.8. The van der Waals surface area contributed by atoms with Crippen molar-refractivity contribution in [2.24, 2.45) is 5.92 Å². The maximum Gasteiger partial charge on any atom is 0.472 e. The van der Waals surface area contributed by atoms with Gasteiger partial charge in [-0.2, -0.15) is 0 Å². The highest BCUT2D eigenvalue weighted by atomic mass is 31.2. The lowest BCUT2D eigenvalue weighted by Crippen LogP contribution is -2.30. The molecule has 600 valence electrons. The van der Waals surface area contributed by atoms with E-state index in [1.54, 1.807) is 0 Å². The Kier molecular flexibility index (Phi) is 73.5. The number of aliphatic hydroxyl groups excluding tert-OH is 1. The number of rotatable bonds is 82. The van der Waals surface area contributed by atoms with Gasteiger partial charge in [-0.3, -0.25) is 37.3 Å². The van der Waals surface area contributed by atoms with Crippen LogP contribution in [0.3, 0.4) is 0 Å². The van der Waals surface area contributed by atoms with Gasteiger partial charge in [-0.05, 0) is 31.6 Å². The zero-order valence-corrected chi connectivity index (χ0v) is 67.8. The third kappa shape index (κ3) is 74.7. The van der Waals surface area contributed by atoms with Crippen molar-refractivity contribution < 1.29 is 80.2 Å². The van der Waals surface area contributed by atoms with Crippen molar-refractivity contribution in [3.05, 3.63) is 0 Å². The molecule has 0 aliphatic heterocycles. The average Bonchev–Trinajstić information content (AvgIpc) is 1.03. The average molecular weight is 1480 g/mol. The van der Waals surface area contributed by atoms with Crippen molar-refractivity contribution in [3.63, 3.8) is 0 Å². The Balaban J connectivity index is 5.21. The normalized spacial score (nSPS) is 14.1. The summed E-state index contributed by atoms with van der Waals surface area (Å²) in [5.74, 6) is -1.38. The van der Waals surface area contributed by atoms with Gasteiger partial charge in [-0.1, -0.05) is 388 Å². The summed E-state index contributed by atoms with van der Waals surface area (Å²) < 4.78 is 68.7. The van der Waals surface area contributed by atoms with E-state index in [0.717, 1.165) is 102 Å². The minimum atomic E-state index is -4.96.